The molecule has 0 spiro atoms. The van der Waals surface area contributed by atoms with Crippen LogP contribution in [0.25, 0.3) is 27.7 Å². The van der Waals surface area contributed by atoms with Gasteiger partial charge < -0.3 is 14.4 Å². The van der Waals surface area contributed by atoms with E-state index < -0.39 is 5.82 Å². The second-order valence-corrected chi connectivity index (χ2v) is 6.80. The maximum absolute atomic E-state index is 13.6. The molecule has 7 heteroatoms. The van der Waals surface area contributed by atoms with Crippen LogP contribution in [0.15, 0.2) is 66.0 Å². The molecule has 4 aromatic heterocycles. The first-order valence-electron chi connectivity index (χ1n) is 8.98. The van der Waals surface area contributed by atoms with Gasteiger partial charge in [0.1, 0.15) is 23.1 Å². The molecular weight excluding hydrogens is 369 g/mol. The fourth-order valence-corrected chi connectivity index (χ4v) is 3.62. The molecule has 2 N–H and O–H groups in total. The van der Waals surface area contributed by atoms with Crippen LogP contribution in [-0.2, 0) is 6.42 Å². The lowest BCUT2D eigenvalue weighted by molar-refractivity contribution is 0.623. The molecular formula is C22H14FN5O. The predicted octanol–water partition coefficient (Wildman–Crippen LogP) is 3.77. The van der Waals surface area contributed by atoms with Crippen molar-refractivity contribution in [3.63, 3.8) is 0 Å². The molecule has 0 aliphatic heterocycles. The first kappa shape index (κ1) is 17.0. The van der Waals surface area contributed by atoms with Crippen LogP contribution in [0, 0.1) is 17.1 Å². The van der Waals surface area contributed by atoms with Gasteiger partial charge in [-0.25, -0.2) is 9.37 Å². The molecule has 0 radical (unpaired) electrons. The van der Waals surface area contributed by atoms with Gasteiger partial charge in [0.15, 0.2) is 0 Å². The molecule has 0 bridgehead atoms. The van der Waals surface area contributed by atoms with Crippen molar-refractivity contribution < 1.29 is 4.39 Å². The third kappa shape index (κ3) is 2.78. The van der Waals surface area contributed by atoms with Crippen LogP contribution in [0.4, 0.5) is 4.39 Å². The van der Waals surface area contributed by atoms with Crippen molar-refractivity contribution in [1.82, 2.24) is 19.4 Å². The van der Waals surface area contributed by atoms with Crippen LogP contribution in [0.3, 0.4) is 0 Å². The molecule has 0 aliphatic rings. The molecule has 0 saturated carbocycles. The molecule has 5 aromatic rings. The van der Waals surface area contributed by atoms with Crippen LogP contribution < -0.4 is 5.56 Å². The Bertz CT molecular complexity index is 1480. The van der Waals surface area contributed by atoms with Crippen molar-refractivity contribution in [3.8, 4) is 17.2 Å². The standard InChI is InChI=1S/C22H14FN5O/c23-19-4-3-13(6-14(19)9-24)7-16-10-27-22(29)20-8-15(12-28(16)20)18-11-26-21-17(18)2-1-5-25-21/h1-6,8,10-12H,7H2,(H,25,26)(H,27,29). The highest BCUT2D eigenvalue weighted by Crippen LogP contribution is 2.29. The van der Waals surface area contributed by atoms with Crippen molar-refractivity contribution in [2.75, 3.05) is 0 Å². The highest BCUT2D eigenvalue weighted by atomic mass is 19.1. The lowest BCUT2D eigenvalue weighted by atomic mass is 10.1. The van der Waals surface area contributed by atoms with Crippen LogP contribution in [-0.4, -0.2) is 19.4 Å². The first-order valence-corrected chi connectivity index (χ1v) is 8.98. The number of rotatable bonds is 3. The van der Waals surface area contributed by atoms with E-state index in [9.17, 15) is 9.18 Å². The molecule has 1 aromatic carbocycles. The van der Waals surface area contributed by atoms with Crippen LogP contribution in [0.1, 0.15) is 16.8 Å². The number of aromatic nitrogens is 4. The van der Waals surface area contributed by atoms with Crippen molar-refractivity contribution in [2.45, 2.75) is 6.42 Å². The van der Waals surface area contributed by atoms with E-state index in [0.29, 0.717) is 11.9 Å². The predicted molar refractivity (Wildman–Crippen MR) is 107 cm³/mol. The van der Waals surface area contributed by atoms with Crippen molar-refractivity contribution in [3.05, 3.63) is 94.2 Å². The Balaban J connectivity index is 1.64. The largest absolute Gasteiger partial charge is 0.346 e. The number of aromatic amines is 2. The first-order chi connectivity index (χ1) is 14.1. The number of hydrogen-bond donors (Lipinski definition) is 2. The van der Waals surface area contributed by atoms with Gasteiger partial charge in [0.2, 0.25) is 0 Å². The van der Waals surface area contributed by atoms with Gasteiger partial charge in [-0.3, -0.25) is 4.79 Å². The molecule has 140 valence electrons. The highest BCUT2D eigenvalue weighted by Gasteiger charge is 2.13. The van der Waals surface area contributed by atoms with Gasteiger partial charge in [0, 0.05) is 53.4 Å². The molecule has 29 heavy (non-hydrogen) atoms. The van der Waals surface area contributed by atoms with E-state index in [1.807, 2.05) is 41.1 Å². The zero-order chi connectivity index (χ0) is 20.0. The molecule has 4 heterocycles. The smallest absolute Gasteiger partial charge is 0.272 e. The fourth-order valence-electron chi connectivity index (χ4n) is 3.62. The summed E-state index contributed by atoms with van der Waals surface area (Å²) >= 11 is 0. The minimum Gasteiger partial charge on any atom is -0.346 e. The van der Waals surface area contributed by atoms with E-state index in [2.05, 4.69) is 15.0 Å². The van der Waals surface area contributed by atoms with E-state index in [1.165, 1.54) is 12.1 Å². The van der Waals surface area contributed by atoms with Crippen LogP contribution >= 0.6 is 0 Å². The monoisotopic (exact) mass is 383 g/mol. The van der Waals surface area contributed by atoms with Crippen molar-refractivity contribution in [1.29, 1.82) is 5.26 Å². The van der Waals surface area contributed by atoms with Gasteiger partial charge in [-0.15, -0.1) is 0 Å². The number of pyridine rings is 1. The van der Waals surface area contributed by atoms with Crippen molar-refractivity contribution in [2.24, 2.45) is 0 Å². The maximum Gasteiger partial charge on any atom is 0.272 e. The molecule has 0 unspecified atom stereocenters. The molecule has 0 aliphatic carbocycles. The maximum atomic E-state index is 13.6. The van der Waals surface area contributed by atoms with E-state index in [4.69, 9.17) is 5.26 Å². The van der Waals surface area contributed by atoms with E-state index in [-0.39, 0.29) is 11.1 Å². The van der Waals surface area contributed by atoms with E-state index in [0.717, 1.165) is 33.4 Å². The second-order valence-electron chi connectivity index (χ2n) is 6.80. The lowest BCUT2D eigenvalue weighted by Crippen LogP contribution is -2.11. The van der Waals surface area contributed by atoms with Gasteiger partial charge in [-0.2, -0.15) is 5.26 Å². The van der Waals surface area contributed by atoms with Gasteiger partial charge in [-0.05, 0) is 35.9 Å². The number of nitriles is 1. The molecule has 0 amide bonds. The summed E-state index contributed by atoms with van der Waals surface area (Å²) in [5.74, 6) is -0.543. The zero-order valence-corrected chi connectivity index (χ0v) is 15.1. The average Bonchev–Trinajstić information content (AvgIpc) is 3.36. The Labute approximate surface area is 163 Å². The minimum absolute atomic E-state index is 0.00246. The van der Waals surface area contributed by atoms with Crippen LogP contribution in [0.2, 0.25) is 0 Å². The summed E-state index contributed by atoms with van der Waals surface area (Å²) in [6.07, 6.45) is 7.58. The number of H-pyrrole nitrogens is 2. The highest BCUT2D eigenvalue weighted by molar-refractivity contribution is 5.94. The Morgan fingerprint density at radius 1 is 1.17 bits per heavy atom. The number of benzene rings is 1. The van der Waals surface area contributed by atoms with Crippen molar-refractivity contribution >= 4 is 16.6 Å². The summed E-state index contributed by atoms with van der Waals surface area (Å²) in [6.45, 7) is 0. The summed E-state index contributed by atoms with van der Waals surface area (Å²) in [5.41, 5.74) is 4.54. The number of fused-ring (bicyclic) bond motifs is 2. The SMILES string of the molecule is N#Cc1cc(Cc2c[nH]c(=O)c3cc(-c4c[nH]c5ncccc45)cn23)ccc1F. The summed E-state index contributed by atoms with van der Waals surface area (Å²) in [7, 11) is 0. The molecule has 6 nitrogen and oxygen atoms in total. The average molecular weight is 383 g/mol. The lowest BCUT2D eigenvalue weighted by Gasteiger charge is -2.06. The third-order valence-electron chi connectivity index (χ3n) is 5.03. The number of hydrogen-bond acceptors (Lipinski definition) is 3. The molecule has 0 atom stereocenters. The van der Waals surface area contributed by atoms with E-state index in [1.54, 1.807) is 18.5 Å². The number of halogens is 1. The van der Waals surface area contributed by atoms with Gasteiger partial charge in [-0.1, -0.05) is 6.07 Å². The summed E-state index contributed by atoms with van der Waals surface area (Å²) in [6, 6.07) is 12.0. The Hall–Kier alpha value is -4.18. The Morgan fingerprint density at radius 2 is 2.07 bits per heavy atom. The molecule has 5 rings (SSSR count). The van der Waals surface area contributed by atoms with Crippen LogP contribution in [0.5, 0.6) is 0 Å². The third-order valence-corrected chi connectivity index (χ3v) is 5.03. The zero-order valence-electron chi connectivity index (χ0n) is 15.1. The number of nitrogens with one attached hydrogen (secondary N) is 2. The fraction of sp³-hybridized carbons (Fsp3) is 0.0455. The minimum atomic E-state index is -0.543. The summed E-state index contributed by atoms with van der Waals surface area (Å²) in [5, 5.41) is 10.0. The summed E-state index contributed by atoms with van der Waals surface area (Å²) < 4.78 is 15.5. The van der Waals surface area contributed by atoms with Gasteiger partial charge >= 0.3 is 0 Å². The van der Waals surface area contributed by atoms with E-state index >= 15 is 0 Å². The van der Waals surface area contributed by atoms with Gasteiger partial charge in [0.05, 0.1) is 5.56 Å². The summed E-state index contributed by atoms with van der Waals surface area (Å²) in [4.78, 5) is 22.6. The molecule has 0 fully saturated rings. The second kappa shape index (κ2) is 6.46. The number of nitrogens with zero attached hydrogens (tertiary/aromatic N) is 3. The normalized spacial score (nSPS) is 11.2. The molecule has 0 saturated heterocycles. The topological polar surface area (TPSA) is 89.7 Å². The quantitative estimate of drug-likeness (QED) is 0.497. The Kier molecular flexibility index (Phi) is 3.78. The van der Waals surface area contributed by atoms with Gasteiger partial charge in [0.25, 0.3) is 5.56 Å². The Morgan fingerprint density at radius 3 is 2.93 bits per heavy atom.